The van der Waals surface area contributed by atoms with Crippen LogP contribution in [0.2, 0.25) is 5.02 Å². The van der Waals surface area contributed by atoms with Crippen LogP contribution in [0.4, 0.5) is 5.69 Å². The fourth-order valence-corrected chi connectivity index (χ4v) is 2.86. The number of nitrogens with zero attached hydrogens (tertiary/aromatic N) is 5. The Labute approximate surface area is 157 Å². The summed E-state index contributed by atoms with van der Waals surface area (Å²) >= 11 is 6.26. The van der Waals surface area contributed by atoms with Gasteiger partial charge in [-0.15, -0.1) is 5.10 Å². The summed E-state index contributed by atoms with van der Waals surface area (Å²) in [5.74, 6) is 0.897. The van der Waals surface area contributed by atoms with Gasteiger partial charge in [-0.25, -0.2) is 4.98 Å². The Hall–Kier alpha value is -2.47. The molecule has 0 fully saturated rings. The molecule has 0 radical (unpaired) electrons. The highest BCUT2D eigenvalue weighted by Crippen LogP contribution is 2.22. The molecule has 1 aromatic carbocycles. The van der Waals surface area contributed by atoms with Crippen molar-refractivity contribution in [2.45, 2.75) is 41.2 Å². The Balaban J connectivity index is 2.01. The third kappa shape index (κ3) is 3.42. The van der Waals surface area contributed by atoms with Crippen molar-refractivity contribution < 1.29 is 4.79 Å². The molecule has 0 saturated carbocycles. The summed E-state index contributed by atoms with van der Waals surface area (Å²) in [6, 6.07) is 7.86. The van der Waals surface area contributed by atoms with Gasteiger partial charge in [0.15, 0.2) is 5.82 Å². The number of amides is 1. The van der Waals surface area contributed by atoms with Crippen LogP contribution in [0, 0.1) is 26.7 Å². The first-order valence-electron chi connectivity index (χ1n) is 8.54. The molecule has 0 saturated heterocycles. The molecule has 2 aromatic heterocycles. The van der Waals surface area contributed by atoms with Crippen molar-refractivity contribution in [1.82, 2.24) is 19.6 Å². The van der Waals surface area contributed by atoms with Gasteiger partial charge in [0.2, 0.25) is 5.91 Å². The van der Waals surface area contributed by atoms with Gasteiger partial charge < -0.3 is 4.90 Å². The summed E-state index contributed by atoms with van der Waals surface area (Å²) in [6.07, 6.45) is 0. The third-order valence-corrected chi connectivity index (χ3v) is 4.81. The molecule has 1 amide bonds. The summed E-state index contributed by atoms with van der Waals surface area (Å²) < 4.78 is 1.62. The van der Waals surface area contributed by atoms with E-state index in [2.05, 4.69) is 15.1 Å². The Morgan fingerprint density at radius 2 is 1.81 bits per heavy atom. The molecular weight excluding hydrogens is 350 g/mol. The van der Waals surface area contributed by atoms with Crippen molar-refractivity contribution in [3.8, 4) is 0 Å². The monoisotopic (exact) mass is 371 g/mol. The Kier molecular flexibility index (Phi) is 4.96. The smallest absolute Gasteiger partial charge is 0.253 e. The zero-order valence-corrected chi connectivity index (χ0v) is 16.4. The molecule has 136 valence electrons. The highest BCUT2D eigenvalue weighted by Gasteiger charge is 2.22. The molecule has 0 N–H and O–H groups in total. The first kappa shape index (κ1) is 18.3. The highest BCUT2D eigenvalue weighted by atomic mass is 35.5. The largest absolute Gasteiger partial charge is 0.304 e. The third-order valence-electron chi connectivity index (χ3n) is 4.26. The summed E-state index contributed by atoms with van der Waals surface area (Å²) in [5.41, 5.74) is 3.46. The van der Waals surface area contributed by atoms with E-state index in [0.29, 0.717) is 22.3 Å². The highest BCUT2D eigenvalue weighted by molar-refractivity contribution is 6.31. The fraction of sp³-hybridized carbons (Fsp3) is 0.368. The molecule has 7 heteroatoms. The van der Waals surface area contributed by atoms with Crippen molar-refractivity contribution in [2.24, 2.45) is 5.92 Å². The first-order chi connectivity index (χ1) is 12.3. The van der Waals surface area contributed by atoms with Gasteiger partial charge in [-0.1, -0.05) is 43.1 Å². The number of carbonyl (C=O) groups excluding carboxylic acids is 1. The quantitative estimate of drug-likeness (QED) is 0.697. The number of rotatable bonds is 4. The van der Waals surface area contributed by atoms with E-state index in [1.165, 1.54) is 0 Å². The number of hydrogen-bond acceptors (Lipinski definition) is 4. The standard InChI is InChI=1S/C19H22ClN5O/c1-11(2)18(26)24(15-8-6-12(3)7-9-15)10-16-22-19-21-13(4)17(20)14(5)25(19)23-16/h6-9,11H,10H2,1-5H3. The Bertz CT molecular complexity index is 962. The maximum Gasteiger partial charge on any atom is 0.253 e. The van der Waals surface area contributed by atoms with Crippen LogP contribution in [0.15, 0.2) is 24.3 Å². The predicted octanol–water partition coefficient (Wildman–Crippen LogP) is 3.89. The maximum atomic E-state index is 12.7. The predicted molar refractivity (Wildman–Crippen MR) is 102 cm³/mol. The summed E-state index contributed by atoms with van der Waals surface area (Å²) in [7, 11) is 0. The normalized spacial score (nSPS) is 11.3. The lowest BCUT2D eigenvalue weighted by Crippen LogP contribution is -2.34. The van der Waals surface area contributed by atoms with Crippen LogP contribution in [0.1, 0.15) is 36.6 Å². The molecule has 3 rings (SSSR count). The molecule has 26 heavy (non-hydrogen) atoms. The van der Waals surface area contributed by atoms with E-state index < -0.39 is 0 Å². The molecule has 0 unspecified atom stereocenters. The summed E-state index contributed by atoms with van der Waals surface area (Å²) in [6.45, 7) is 9.77. The maximum absolute atomic E-state index is 12.7. The molecule has 0 atom stereocenters. The minimum atomic E-state index is -0.134. The zero-order chi connectivity index (χ0) is 19.0. The lowest BCUT2D eigenvalue weighted by molar-refractivity contribution is -0.121. The lowest BCUT2D eigenvalue weighted by Gasteiger charge is -2.23. The van der Waals surface area contributed by atoms with Gasteiger partial charge in [0.05, 0.1) is 23.0 Å². The summed E-state index contributed by atoms with van der Waals surface area (Å²) in [4.78, 5) is 23.3. The SMILES string of the molecule is Cc1ccc(N(Cc2nc3nc(C)c(Cl)c(C)n3n2)C(=O)C(C)C)cc1. The van der Waals surface area contributed by atoms with Crippen molar-refractivity contribution >= 4 is 29.0 Å². The Morgan fingerprint density at radius 3 is 2.42 bits per heavy atom. The summed E-state index contributed by atoms with van der Waals surface area (Å²) in [5, 5.41) is 5.08. The number of anilines is 1. The van der Waals surface area contributed by atoms with Crippen LogP contribution >= 0.6 is 11.6 Å². The van der Waals surface area contributed by atoms with E-state index >= 15 is 0 Å². The van der Waals surface area contributed by atoms with E-state index in [-0.39, 0.29) is 18.4 Å². The van der Waals surface area contributed by atoms with Gasteiger partial charge in [-0.2, -0.15) is 9.50 Å². The molecular formula is C19H22ClN5O. The average Bonchev–Trinajstić information content (AvgIpc) is 3.00. The van der Waals surface area contributed by atoms with E-state index in [0.717, 1.165) is 16.9 Å². The van der Waals surface area contributed by atoms with Gasteiger partial charge in [-0.3, -0.25) is 4.79 Å². The number of fused-ring (bicyclic) bond motifs is 1. The van der Waals surface area contributed by atoms with Crippen LogP contribution < -0.4 is 4.90 Å². The molecule has 0 aliphatic heterocycles. The van der Waals surface area contributed by atoms with E-state index in [1.807, 2.05) is 58.9 Å². The van der Waals surface area contributed by atoms with Crippen molar-refractivity contribution in [1.29, 1.82) is 0 Å². The van der Waals surface area contributed by atoms with Crippen molar-refractivity contribution in [3.63, 3.8) is 0 Å². The second-order valence-corrected chi connectivity index (χ2v) is 7.13. The number of halogens is 1. The van der Waals surface area contributed by atoms with Crippen LogP contribution in [-0.2, 0) is 11.3 Å². The van der Waals surface area contributed by atoms with E-state index in [9.17, 15) is 4.79 Å². The minimum absolute atomic E-state index is 0.0200. The fourth-order valence-electron chi connectivity index (χ4n) is 2.74. The molecule has 0 aliphatic rings. The van der Waals surface area contributed by atoms with Crippen LogP contribution in [0.5, 0.6) is 0 Å². The first-order valence-corrected chi connectivity index (χ1v) is 8.92. The van der Waals surface area contributed by atoms with E-state index in [1.54, 1.807) is 9.42 Å². The van der Waals surface area contributed by atoms with Crippen molar-refractivity contribution in [3.05, 3.63) is 52.1 Å². The van der Waals surface area contributed by atoms with Crippen LogP contribution in [-0.4, -0.2) is 25.5 Å². The van der Waals surface area contributed by atoms with Gasteiger partial charge in [0.25, 0.3) is 5.78 Å². The second kappa shape index (κ2) is 7.03. The molecule has 0 bridgehead atoms. The van der Waals surface area contributed by atoms with E-state index in [4.69, 9.17) is 11.6 Å². The average molecular weight is 372 g/mol. The molecule has 3 aromatic rings. The van der Waals surface area contributed by atoms with Gasteiger partial charge >= 0.3 is 0 Å². The molecule has 2 heterocycles. The van der Waals surface area contributed by atoms with Gasteiger partial charge in [0, 0.05) is 11.6 Å². The van der Waals surface area contributed by atoms with Gasteiger partial charge in [-0.05, 0) is 32.9 Å². The second-order valence-electron chi connectivity index (χ2n) is 6.75. The van der Waals surface area contributed by atoms with Crippen LogP contribution in [0.3, 0.4) is 0 Å². The number of carbonyl (C=O) groups is 1. The topological polar surface area (TPSA) is 63.4 Å². The minimum Gasteiger partial charge on any atom is -0.304 e. The molecule has 6 nitrogen and oxygen atoms in total. The zero-order valence-electron chi connectivity index (χ0n) is 15.6. The number of aromatic nitrogens is 4. The number of benzene rings is 1. The number of aryl methyl sites for hydroxylation is 3. The lowest BCUT2D eigenvalue weighted by atomic mass is 10.1. The van der Waals surface area contributed by atoms with Gasteiger partial charge in [0.1, 0.15) is 0 Å². The molecule has 0 aliphatic carbocycles. The molecule has 0 spiro atoms. The number of hydrogen-bond donors (Lipinski definition) is 0. The van der Waals surface area contributed by atoms with Crippen molar-refractivity contribution in [2.75, 3.05) is 4.90 Å². The Morgan fingerprint density at radius 1 is 1.15 bits per heavy atom. The van der Waals surface area contributed by atoms with Crippen LogP contribution in [0.25, 0.3) is 5.78 Å².